The van der Waals surface area contributed by atoms with Gasteiger partial charge in [-0.15, -0.1) is 24.2 Å². The molecule has 0 saturated carbocycles. The van der Waals surface area contributed by atoms with Crippen molar-refractivity contribution in [2.75, 3.05) is 18.1 Å². The third kappa shape index (κ3) is 5.05. The zero-order chi connectivity index (χ0) is 12.8. The molecule has 106 valence electrons. The van der Waals surface area contributed by atoms with Gasteiger partial charge >= 0.3 is 0 Å². The van der Waals surface area contributed by atoms with Crippen molar-refractivity contribution < 1.29 is 4.79 Å². The average Bonchev–Trinajstić information content (AvgIpc) is 2.90. The lowest BCUT2D eigenvalue weighted by atomic mass is 10.1. The van der Waals surface area contributed by atoms with E-state index in [4.69, 9.17) is 0 Å². The van der Waals surface area contributed by atoms with Crippen LogP contribution in [-0.4, -0.2) is 24.7 Å². The lowest BCUT2D eigenvalue weighted by molar-refractivity contribution is -0.116. The van der Waals surface area contributed by atoms with Gasteiger partial charge in [-0.25, -0.2) is 0 Å². The molecule has 1 aromatic rings. The zero-order valence-corrected chi connectivity index (χ0v) is 12.8. The molecule has 0 spiro atoms. The maximum Gasteiger partial charge on any atom is 0.224 e. The van der Waals surface area contributed by atoms with Gasteiger partial charge in [-0.3, -0.25) is 4.79 Å². The number of para-hydroxylation sites is 1. The van der Waals surface area contributed by atoms with Crippen molar-refractivity contribution in [2.24, 2.45) is 0 Å². The second-order valence-electron chi connectivity index (χ2n) is 4.58. The summed E-state index contributed by atoms with van der Waals surface area (Å²) in [5.74, 6) is 0.116. The first kappa shape index (κ1) is 16.3. The van der Waals surface area contributed by atoms with Crippen molar-refractivity contribution in [3.05, 3.63) is 24.3 Å². The number of halogens is 1. The summed E-state index contributed by atoms with van der Waals surface area (Å²) >= 11 is 1.65. The Morgan fingerprint density at radius 3 is 2.95 bits per heavy atom. The molecule has 5 heteroatoms. The lowest BCUT2D eigenvalue weighted by Gasteiger charge is -2.11. The highest BCUT2D eigenvalue weighted by Crippen LogP contribution is 2.24. The number of thioether (sulfide) groups is 1. The molecule has 1 atom stereocenters. The van der Waals surface area contributed by atoms with E-state index in [1.165, 1.54) is 12.8 Å². The van der Waals surface area contributed by atoms with Crippen molar-refractivity contribution in [3.8, 4) is 0 Å². The summed E-state index contributed by atoms with van der Waals surface area (Å²) in [7, 11) is 0. The van der Waals surface area contributed by atoms with Crippen LogP contribution in [0, 0.1) is 0 Å². The Labute approximate surface area is 125 Å². The first-order valence-corrected chi connectivity index (χ1v) is 7.68. The van der Waals surface area contributed by atoms with E-state index in [0.717, 1.165) is 23.5 Å². The van der Waals surface area contributed by atoms with Crippen molar-refractivity contribution >= 4 is 35.8 Å². The van der Waals surface area contributed by atoms with E-state index in [9.17, 15) is 4.79 Å². The molecule has 0 aliphatic carbocycles. The number of benzene rings is 1. The number of anilines is 1. The van der Waals surface area contributed by atoms with E-state index >= 15 is 0 Å². The third-order valence-electron chi connectivity index (χ3n) is 3.26. The van der Waals surface area contributed by atoms with Crippen LogP contribution in [0.4, 0.5) is 5.69 Å². The van der Waals surface area contributed by atoms with Gasteiger partial charge in [-0.2, -0.15) is 0 Å². The largest absolute Gasteiger partial charge is 0.325 e. The SMILES string of the molecule is CSc1ccccc1NC(=O)CCC1CCCN1.Cl. The summed E-state index contributed by atoms with van der Waals surface area (Å²) < 4.78 is 0. The minimum Gasteiger partial charge on any atom is -0.325 e. The Morgan fingerprint density at radius 1 is 1.47 bits per heavy atom. The summed E-state index contributed by atoms with van der Waals surface area (Å²) in [6.45, 7) is 1.10. The molecular weight excluding hydrogens is 280 g/mol. The van der Waals surface area contributed by atoms with Crippen LogP contribution in [0.3, 0.4) is 0 Å². The monoisotopic (exact) mass is 300 g/mol. The fraction of sp³-hybridized carbons (Fsp3) is 0.500. The van der Waals surface area contributed by atoms with Gasteiger partial charge in [0.05, 0.1) is 5.69 Å². The van der Waals surface area contributed by atoms with Gasteiger partial charge in [0.15, 0.2) is 0 Å². The standard InChI is InChI=1S/C14H20N2OS.ClH/c1-18-13-7-3-2-6-12(13)16-14(17)9-8-11-5-4-10-15-11;/h2-3,6-7,11,15H,4-5,8-10H2,1H3,(H,16,17);1H. The van der Waals surface area contributed by atoms with Gasteiger partial charge in [-0.05, 0) is 44.2 Å². The van der Waals surface area contributed by atoms with Gasteiger partial charge in [0.1, 0.15) is 0 Å². The van der Waals surface area contributed by atoms with Crippen LogP contribution in [0.1, 0.15) is 25.7 Å². The maximum absolute atomic E-state index is 11.9. The summed E-state index contributed by atoms with van der Waals surface area (Å²) in [5, 5.41) is 6.41. The summed E-state index contributed by atoms with van der Waals surface area (Å²) in [6.07, 6.45) is 6.00. The number of rotatable bonds is 5. The van der Waals surface area contributed by atoms with Gasteiger partial charge in [0.25, 0.3) is 0 Å². The molecular formula is C14H21ClN2OS. The highest BCUT2D eigenvalue weighted by Gasteiger charge is 2.15. The Kier molecular flexibility index (Phi) is 7.28. The van der Waals surface area contributed by atoms with Crippen LogP contribution >= 0.6 is 24.2 Å². The van der Waals surface area contributed by atoms with Crippen LogP contribution in [-0.2, 0) is 4.79 Å². The topological polar surface area (TPSA) is 41.1 Å². The number of hydrogen-bond donors (Lipinski definition) is 2. The van der Waals surface area contributed by atoms with Crippen LogP contribution in [0.15, 0.2) is 29.2 Å². The highest BCUT2D eigenvalue weighted by molar-refractivity contribution is 7.98. The van der Waals surface area contributed by atoms with E-state index in [0.29, 0.717) is 12.5 Å². The number of hydrogen-bond acceptors (Lipinski definition) is 3. The van der Waals surface area contributed by atoms with Gasteiger partial charge in [0.2, 0.25) is 5.91 Å². The third-order valence-corrected chi connectivity index (χ3v) is 4.06. The smallest absolute Gasteiger partial charge is 0.224 e. The minimum absolute atomic E-state index is 0. The van der Waals surface area contributed by atoms with Crippen LogP contribution in [0.5, 0.6) is 0 Å². The Morgan fingerprint density at radius 2 is 2.26 bits per heavy atom. The molecule has 0 bridgehead atoms. The van der Waals surface area contributed by atoms with Crippen molar-refractivity contribution in [2.45, 2.75) is 36.6 Å². The van der Waals surface area contributed by atoms with Gasteiger partial charge in [-0.1, -0.05) is 12.1 Å². The fourth-order valence-electron chi connectivity index (χ4n) is 2.27. The van der Waals surface area contributed by atoms with E-state index in [1.54, 1.807) is 11.8 Å². The molecule has 2 rings (SSSR count). The highest BCUT2D eigenvalue weighted by atomic mass is 35.5. The Bertz CT molecular complexity index is 408. The quantitative estimate of drug-likeness (QED) is 0.820. The molecule has 19 heavy (non-hydrogen) atoms. The summed E-state index contributed by atoms with van der Waals surface area (Å²) in [6, 6.07) is 8.46. The molecule has 1 aromatic carbocycles. The molecule has 1 amide bonds. The van der Waals surface area contributed by atoms with Crippen molar-refractivity contribution in [3.63, 3.8) is 0 Å². The predicted molar refractivity (Wildman–Crippen MR) is 84.4 cm³/mol. The van der Waals surface area contributed by atoms with E-state index in [1.807, 2.05) is 30.5 Å². The van der Waals surface area contributed by atoms with Crippen LogP contribution < -0.4 is 10.6 Å². The molecule has 2 N–H and O–H groups in total. The van der Waals surface area contributed by atoms with Crippen LogP contribution in [0.2, 0.25) is 0 Å². The molecule has 1 saturated heterocycles. The second-order valence-corrected chi connectivity index (χ2v) is 5.43. The number of carbonyl (C=O) groups is 1. The molecule has 1 fully saturated rings. The maximum atomic E-state index is 11.9. The zero-order valence-electron chi connectivity index (χ0n) is 11.1. The first-order valence-electron chi connectivity index (χ1n) is 6.46. The Hall–Kier alpha value is -0.710. The molecule has 0 radical (unpaired) electrons. The minimum atomic E-state index is 0. The van der Waals surface area contributed by atoms with E-state index in [2.05, 4.69) is 10.6 Å². The summed E-state index contributed by atoms with van der Waals surface area (Å²) in [4.78, 5) is 13.0. The van der Waals surface area contributed by atoms with E-state index in [-0.39, 0.29) is 18.3 Å². The fourth-order valence-corrected chi connectivity index (χ4v) is 2.82. The normalized spacial score (nSPS) is 17.8. The molecule has 0 aromatic heterocycles. The molecule has 1 aliphatic heterocycles. The number of nitrogens with one attached hydrogen (secondary N) is 2. The van der Waals surface area contributed by atoms with Gasteiger partial charge in [0, 0.05) is 17.4 Å². The van der Waals surface area contributed by atoms with Gasteiger partial charge < -0.3 is 10.6 Å². The second kappa shape index (κ2) is 8.46. The molecule has 1 aliphatic rings. The number of carbonyl (C=O) groups excluding carboxylic acids is 1. The van der Waals surface area contributed by atoms with Crippen LogP contribution in [0.25, 0.3) is 0 Å². The predicted octanol–water partition coefficient (Wildman–Crippen LogP) is 3.30. The van der Waals surface area contributed by atoms with E-state index < -0.39 is 0 Å². The number of amides is 1. The Balaban J connectivity index is 0.00000180. The first-order chi connectivity index (χ1) is 8.79. The summed E-state index contributed by atoms with van der Waals surface area (Å²) in [5.41, 5.74) is 0.925. The van der Waals surface area contributed by atoms with Crippen molar-refractivity contribution in [1.82, 2.24) is 5.32 Å². The molecule has 1 heterocycles. The molecule has 1 unspecified atom stereocenters. The lowest BCUT2D eigenvalue weighted by Crippen LogP contribution is -2.23. The van der Waals surface area contributed by atoms with Crippen molar-refractivity contribution in [1.29, 1.82) is 0 Å². The average molecular weight is 301 g/mol. The molecule has 3 nitrogen and oxygen atoms in total.